The fourth-order valence-electron chi connectivity index (χ4n) is 2.78. The molecule has 0 aromatic rings. The minimum atomic E-state index is -5.70. The van der Waals surface area contributed by atoms with Crippen LogP contribution in [0.2, 0.25) is 0 Å². The summed E-state index contributed by atoms with van der Waals surface area (Å²) in [6.45, 7) is 3.99. The molecule has 1 N–H and O–H groups in total. The van der Waals surface area contributed by atoms with Gasteiger partial charge in [-0.3, -0.25) is 0 Å². The first-order valence-corrected chi connectivity index (χ1v) is 6.74. The third-order valence-electron chi connectivity index (χ3n) is 4.56. The van der Waals surface area contributed by atoms with Gasteiger partial charge in [-0.25, -0.2) is 0 Å². The molecular weight excluding hydrogens is 286 g/mol. The lowest BCUT2D eigenvalue weighted by Crippen LogP contribution is -2.57. The highest BCUT2D eigenvalue weighted by Gasteiger charge is 2.69. The Morgan fingerprint density at radius 3 is 1.80 bits per heavy atom. The third kappa shape index (κ3) is 3.59. The van der Waals surface area contributed by atoms with Crippen LogP contribution in [-0.4, -0.2) is 23.1 Å². The Hall–Kier alpha value is -0.460. The van der Waals surface area contributed by atoms with Crippen molar-refractivity contribution < 1.29 is 31.4 Å². The van der Waals surface area contributed by atoms with E-state index in [1.54, 1.807) is 0 Å². The van der Waals surface area contributed by atoms with Crippen molar-refractivity contribution in [2.75, 3.05) is 0 Å². The molecule has 0 heterocycles. The highest BCUT2D eigenvalue weighted by Crippen LogP contribution is 2.47. The van der Waals surface area contributed by atoms with Crippen LogP contribution in [-0.2, 0) is 0 Å². The first-order chi connectivity index (χ1) is 8.88. The predicted octanol–water partition coefficient (Wildman–Crippen LogP) is 4.69. The number of aliphatic hydroxyl groups is 1. The Kier molecular flexibility index (Phi) is 5.04. The number of alkyl halides is 6. The van der Waals surface area contributed by atoms with Crippen LogP contribution in [0.1, 0.15) is 46.0 Å². The molecular formula is C13H20F6O. The first-order valence-electron chi connectivity index (χ1n) is 6.74. The molecule has 0 spiro atoms. The molecule has 3 atom stereocenters. The van der Waals surface area contributed by atoms with Crippen LogP contribution in [0.25, 0.3) is 0 Å². The molecule has 7 heteroatoms. The van der Waals surface area contributed by atoms with Gasteiger partial charge >= 0.3 is 12.4 Å². The van der Waals surface area contributed by atoms with Crippen molar-refractivity contribution in [1.29, 1.82) is 0 Å². The van der Waals surface area contributed by atoms with Crippen molar-refractivity contribution >= 4 is 0 Å². The van der Waals surface area contributed by atoms with E-state index < -0.39 is 24.4 Å². The van der Waals surface area contributed by atoms with Gasteiger partial charge in [0.2, 0.25) is 0 Å². The molecule has 1 nitrogen and oxygen atoms in total. The van der Waals surface area contributed by atoms with Gasteiger partial charge in [-0.15, -0.1) is 0 Å². The number of rotatable bonds is 3. The smallest absolute Gasteiger partial charge is 0.374 e. The van der Waals surface area contributed by atoms with Crippen molar-refractivity contribution in [3.05, 3.63) is 0 Å². The Bertz CT molecular complexity index is 308. The van der Waals surface area contributed by atoms with Crippen LogP contribution < -0.4 is 0 Å². The quantitative estimate of drug-likeness (QED) is 0.750. The van der Waals surface area contributed by atoms with E-state index in [9.17, 15) is 26.3 Å². The van der Waals surface area contributed by atoms with Crippen LogP contribution in [0.3, 0.4) is 0 Å². The maximum Gasteiger partial charge on any atom is 0.426 e. The molecule has 0 aromatic heterocycles. The first kappa shape index (κ1) is 17.6. The summed E-state index contributed by atoms with van der Waals surface area (Å²) < 4.78 is 75.1. The summed E-state index contributed by atoms with van der Waals surface area (Å²) in [6, 6.07) is 0. The van der Waals surface area contributed by atoms with Crippen molar-refractivity contribution in [2.24, 2.45) is 17.8 Å². The molecule has 0 aliphatic heterocycles. The summed E-state index contributed by atoms with van der Waals surface area (Å²) in [4.78, 5) is 0. The second-order valence-corrected chi connectivity index (χ2v) is 6.03. The molecule has 1 saturated carbocycles. The van der Waals surface area contributed by atoms with Gasteiger partial charge in [0.25, 0.3) is 5.60 Å². The second-order valence-electron chi connectivity index (χ2n) is 6.03. The van der Waals surface area contributed by atoms with Gasteiger partial charge in [-0.2, -0.15) is 26.3 Å². The van der Waals surface area contributed by atoms with Crippen molar-refractivity contribution in [2.45, 2.75) is 63.9 Å². The minimum Gasteiger partial charge on any atom is -0.374 e. The van der Waals surface area contributed by atoms with Crippen LogP contribution in [0.5, 0.6) is 0 Å². The van der Waals surface area contributed by atoms with Gasteiger partial charge in [0, 0.05) is 0 Å². The maximum atomic E-state index is 12.5. The summed E-state index contributed by atoms with van der Waals surface area (Å²) in [5.74, 6) is 0.548. The highest BCUT2D eigenvalue weighted by molar-refractivity contribution is 4.94. The molecule has 3 unspecified atom stereocenters. The van der Waals surface area contributed by atoms with Gasteiger partial charge in [-0.05, 0) is 37.0 Å². The van der Waals surface area contributed by atoms with E-state index in [1.165, 1.54) is 0 Å². The van der Waals surface area contributed by atoms with Gasteiger partial charge in [0.05, 0.1) is 0 Å². The van der Waals surface area contributed by atoms with Crippen molar-refractivity contribution in [3.8, 4) is 0 Å². The van der Waals surface area contributed by atoms with Crippen LogP contribution in [0.15, 0.2) is 0 Å². The van der Waals surface area contributed by atoms with Crippen LogP contribution >= 0.6 is 0 Å². The minimum absolute atomic E-state index is 0.183. The zero-order valence-corrected chi connectivity index (χ0v) is 11.5. The van der Waals surface area contributed by atoms with Crippen molar-refractivity contribution in [3.63, 3.8) is 0 Å². The average Bonchev–Trinajstić information content (AvgIpc) is 2.27. The van der Waals surface area contributed by atoms with E-state index in [1.807, 2.05) is 13.8 Å². The van der Waals surface area contributed by atoms with E-state index in [0.29, 0.717) is 24.7 Å². The lowest BCUT2D eigenvalue weighted by molar-refractivity contribution is -0.370. The standard InChI is InChI=1S/C13H20F6O/c1-8-3-4-10(7-9(8)2)5-6-11(20,12(14,15)16)13(17,18)19/h8-10,20H,3-7H2,1-2H3. The molecule has 1 rings (SSSR count). The number of hydrogen-bond donors (Lipinski definition) is 1. The fourth-order valence-corrected chi connectivity index (χ4v) is 2.78. The van der Waals surface area contributed by atoms with Gasteiger partial charge in [0.15, 0.2) is 0 Å². The molecule has 0 amide bonds. The molecule has 0 bridgehead atoms. The Morgan fingerprint density at radius 1 is 0.900 bits per heavy atom. The summed E-state index contributed by atoms with van der Waals surface area (Å²) in [5.41, 5.74) is -4.59. The van der Waals surface area contributed by atoms with Gasteiger partial charge in [0.1, 0.15) is 0 Å². The number of hydrogen-bond acceptors (Lipinski definition) is 1. The van der Waals surface area contributed by atoms with E-state index in [-0.39, 0.29) is 12.3 Å². The summed E-state index contributed by atoms with van der Waals surface area (Å²) in [6.07, 6.45) is -10.9. The largest absolute Gasteiger partial charge is 0.426 e. The van der Waals surface area contributed by atoms with E-state index >= 15 is 0 Å². The highest BCUT2D eigenvalue weighted by atomic mass is 19.4. The third-order valence-corrected chi connectivity index (χ3v) is 4.56. The average molecular weight is 306 g/mol. The summed E-state index contributed by atoms with van der Waals surface area (Å²) in [5, 5.41) is 9.08. The molecule has 1 fully saturated rings. The lowest BCUT2D eigenvalue weighted by atomic mass is 9.73. The summed E-state index contributed by atoms with van der Waals surface area (Å²) in [7, 11) is 0. The molecule has 120 valence electrons. The Balaban J connectivity index is 2.70. The Morgan fingerprint density at radius 2 is 1.40 bits per heavy atom. The van der Waals surface area contributed by atoms with Crippen molar-refractivity contribution in [1.82, 2.24) is 0 Å². The molecule has 0 aromatic carbocycles. The van der Waals surface area contributed by atoms with E-state index in [2.05, 4.69) is 0 Å². The zero-order chi connectivity index (χ0) is 15.8. The monoisotopic (exact) mass is 306 g/mol. The molecule has 1 aliphatic carbocycles. The zero-order valence-electron chi connectivity index (χ0n) is 11.5. The Labute approximate surface area is 114 Å². The second kappa shape index (κ2) is 5.73. The van der Waals surface area contributed by atoms with E-state index in [0.717, 1.165) is 6.42 Å². The number of halogens is 6. The predicted molar refractivity (Wildman–Crippen MR) is 62.0 cm³/mol. The molecule has 1 aliphatic rings. The topological polar surface area (TPSA) is 20.2 Å². The normalized spacial score (nSPS) is 29.6. The van der Waals surface area contributed by atoms with E-state index in [4.69, 9.17) is 5.11 Å². The fraction of sp³-hybridized carbons (Fsp3) is 1.00. The molecule has 0 radical (unpaired) electrons. The molecule has 20 heavy (non-hydrogen) atoms. The van der Waals surface area contributed by atoms with Gasteiger partial charge < -0.3 is 5.11 Å². The lowest BCUT2D eigenvalue weighted by Gasteiger charge is -2.36. The maximum absolute atomic E-state index is 12.5. The summed E-state index contributed by atoms with van der Waals surface area (Å²) >= 11 is 0. The van der Waals surface area contributed by atoms with Crippen LogP contribution in [0, 0.1) is 17.8 Å². The van der Waals surface area contributed by atoms with Gasteiger partial charge in [-0.1, -0.05) is 26.7 Å². The molecule has 0 saturated heterocycles. The van der Waals surface area contributed by atoms with Crippen LogP contribution in [0.4, 0.5) is 26.3 Å². The SMILES string of the molecule is CC1CCC(CCC(O)(C(F)(F)F)C(F)(F)F)CC1C.